The highest BCUT2D eigenvalue weighted by atomic mass is 16.2. The first kappa shape index (κ1) is 11.5. The van der Waals surface area contributed by atoms with Gasteiger partial charge in [-0.25, -0.2) is 0 Å². The minimum atomic E-state index is 0.134. The summed E-state index contributed by atoms with van der Waals surface area (Å²) in [7, 11) is 0. The monoisotopic (exact) mass is 199 g/mol. The molecule has 14 heavy (non-hydrogen) atoms. The van der Waals surface area contributed by atoms with Gasteiger partial charge in [-0.05, 0) is 26.7 Å². The van der Waals surface area contributed by atoms with Gasteiger partial charge in [0.25, 0.3) is 0 Å². The summed E-state index contributed by atoms with van der Waals surface area (Å²) in [6.07, 6.45) is 2.29. The number of carbonyl (C=O) groups excluding carboxylic acids is 1. The van der Waals surface area contributed by atoms with Crippen LogP contribution in [-0.2, 0) is 4.79 Å². The van der Waals surface area contributed by atoms with Gasteiger partial charge in [-0.1, -0.05) is 0 Å². The number of nitrogens with zero attached hydrogens (tertiary/aromatic N) is 1. The van der Waals surface area contributed by atoms with Gasteiger partial charge in [0.05, 0.1) is 6.54 Å². The van der Waals surface area contributed by atoms with E-state index in [0.29, 0.717) is 25.2 Å². The van der Waals surface area contributed by atoms with Crippen molar-refractivity contribution in [2.75, 3.05) is 19.6 Å². The number of hydrogen-bond donors (Lipinski definition) is 2. The smallest absolute Gasteiger partial charge is 0.234 e. The van der Waals surface area contributed by atoms with Crippen molar-refractivity contribution in [3.63, 3.8) is 0 Å². The normalized spacial score (nSPS) is 16.4. The highest BCUT2D eigenvalue weighted by Gasteiger charge is 2.24. The highest BCUT2D eigenvalue weighted by Crippen LogP contribution is 2.18. The van der Waals surface area contributed by atoms with E-state index in [1.807, 2.05) is 0 Å². The summed E-state index contributed by atoms with van der Waals surface area (Å²) >= 11 is 0. The standard InChI is InChI=1S/C10H21N3O/c1-8(2)13(6-5-11)7-10(14)12-9-3-4-9/h8-9H,3-7,11H2,1-2H3,(H,12,14). The minimum absolute atomic E-state index is 0.134. The summed E-state index contributed by atoms with van der Waals surface area (Å²) in [6.45, 7) is 6.04. The molecule has 0 radical (unpaired) electrons. The van der Waals surface area contributed by atoms with Gasteiger partial charge in [0.15, 0.2) is 0 Å². The Morgan fingerprint density at radius 3 is 2.64 bits per heavy atom. The number of carbonyl (C=O) groups is 1. The lowest BCUT2D eigenvalue weighted by molar-refractivity contribution is -0.122. The number of nitrogens with two attached hydrogens (primary N) is 1. The van der Waals surface area contributed by atoms with E-state index in [4.69, 9.17) is 5.73 Å². The molecular formula is C10H21N3O. The molecule has 1 saturated carbocycles. The molecule has 0 unspecified atom stereocenters. The van der Waals surface area contributed by atoms with Gasteiger partial charge in [-0.15, -0.1) is 0 Å². The van der Waals surface area contributed by atoms with Crippen LogP contribution in [-0.4, -0.2) is 42.5 Å². The van der Waals surface area contributed by atoms with Crippen LogP contribution < -0.4 is 11.1 Å². The molecule has 0 aliphatic heterocycles. The first-order chi connectivity index (χ1) is 6.63. The maximum Gasteiger partial charge on any atom is 0.234 e. The predicted octanol–water partition coefficient (Wildman–Crippen LogP) is -0.0659. The van der Waals surface area contributed by atoms with Crippen molar-refractivity contribution in [2.45, 2.75) is 38.8 Å². The molecule has 1 rings (SSSR count). The minimum Gasteiger partial charge on any atom is -0.352 e. The lowest BCUT2D eigenvalue weighted by Gasteiger charge is -2.24. The third-order valence-corrected chi connectivity index (χ3v) is 2.44. The Balaban J connectivity index is 2.25. The second-order valence-electron chi connectivity index (χ2n) is 4.19. The van der Waals surface area contributed by atoms with Gasteiger partial charge in [-0.2, -0.15) is 0 Å². The first-order valence-electron chi connectivity index (χ1n) is 5.37. The molecule has 0 aromatic rings. The molecule has 1 aliphatic rings. The number of amides is 1. The second-order valence-corrected chi connectivity index (χ2v) is 4.19. The first-order valence-corrected chi connectivity index (χ1v) is 5.37. The van der Waals surface area contributed by atoms with Crippen molar-refractivity contribution >= 4 is 5.91 Å². The Kier molecular flexibility index (Phi) is 4.35. The fourth-order valence-electron chi connectivity index (χ4n) is 1.37. The number of rotatable bonds is 6. The SMILES string of the molecule is CC(C)N(CCN)CC(=O)NC1CC1. The van der Waals surface area contributed by atoms with E-state index in [2.05, 4.69) is 24.1 Å². The zero-order valence-corrected chi connectivity index (χ0v) is 9.12. The maximum atomic E-state index is 11.5. The molecule has 0 saturated heterocycles. The summed E-state index contributed by atoms with van der Waals surface area (Å²) in [4.78, 5) is 13.6. The predicted molar refractivity (Wildman–Crippen MR) is 56.9 cm³/mol. The van der Waals surface area contributed by atoms with Crippen molar-refractivity contribution in [1.82, 2.24) is 10.2 Å². The summed E-state index contributed by atoms with van der Waals surface area (Å²) in [5.41, 5.74) is 5.48. The summed E-state index contributed by atoms with van der Waals surface area (Å²) in [5.74, 6) is 0.134. The van der Waals surface area contributed by atoms with Crippen molar-refractivity contribution in [2.24, 2.45) is 5.73 Å². The molecule has 4 nitrogen and oxygen atoms in total. The molecule has 0 spiro atoms. The molecule has 1 aliphatic carbocycles. The van der Waals surface area contributed by atoms with E-state index in [9.17, 15) is 4.79 Å². The van der Waals surface area contributed by atoms with E-state index in [1.165, 1.54) is 0 Å². The molecule has 0 heterocycles. The van der Waals surface area contributed by atoms with Crippen LogP contribution in [0.15, 0.2) is 0 Å². The van der Waals surface area contributed by atoms with Crippen LogP contribution in [0.5, 0.6) is 0 Å². The fraction of sp³-hybridized carbons (Fsp3) is 0.900. The molecule has 0 aromatic heterocycles. The van der Waals surface area contributed by atoms with E-state index in [0.717, 1.165) is 19.4 Å². The van der Waals surface area contributed by atoms with Crippen LogP contribution in [0.25, 0.3) is 0 Å². The molecule has 0 aromatic carbocycles. The summed E-state index contributed by atoms with van der Waals surface area (Å²) < 4.78 is 0. The largest absolute Gasteiger partial charge is 0.352 e. The molecule has 82 valence electrons. The molecular weight excluding hydrogens is 178 g/mol. The van der Waals surface area contributed by atoms with Gasteiger partial charge in [0.1, 0.15) is 0 Å². The van der Waals surface area contributed by atoms with Gasteiger partial charge < -0.3 is 11.1 Å². The Morgan fingerprint density at radius 2 is 2.21 bits per heavy atom. The quantitative estimate of drug-likeness (QED) is 0.630. The van der Waals surface area contributed by atoms with Crippen molar-refractivity contribution in [3.05, 3.63) is 0 Å². The second kappa shape index (κ2) is 5.32. The van der Waals surface area contributed by atoms with Gasteiger partial charge >= 0.3 is 0 Å². The molecule has 0 atom stereocenters. The van der Waals surface area contributed by atoms with E-state index in [1.54, 1.807) is 0 Å². The van der Waals surface area contributed by atoms with Crippen molar-refractivity contribution in [3.8, 4) is 0 Å². The Hall–Kier alpha value is -0.610. The average Bonchev–Trinajstić information content (AvgIpc) is 2.87. The summed E-state index contributed by atoms with van der Waals surface area (Å²) in [5, 5.41) is 2.98. The van der Waals surface area contributed by atoms with Gasteiger partial charge in [-0.3, -0.25) is 9.69 Å². The van der Waals surface area contributed by atoms with E-state index < -0.39 is 0 Å². The lowest BCUT2D eigenvalue weighted by Crippen LogP contribution is -2.43. The van der Waals surface area contributed by atoms with Crippen LogP contribution in [0, 0.1) is 0 Å². The Labute approximate surface area is 85.8 Å². The van der Waals surface area contributed by atoms with Crippen LogP contribution >= 0.6 is 0 Å². The van der Waals surface area contributed by atoms with E-state index >= 15 is 0 Å². The molecule has 1 fully saturated rings. The van der Waals surface area contributed by atoms with Crippen LogP contribution in [0.1, 0.15) is 26.7 Å². The van der Waals surface area contributed by atoms with Crippen LogP contribution in [0.2, 0.25) is 0 Å². The van der Waals surface area contributed by atoms with Crippen molar-refractivity contribution < 1.29 is 4.79 Å². The molecule has 0 bridgehead atoms. The van der Waals surface area contributed by atoms with Gasteiger partial charge in [0.2, 0.25) is 5.91 Å². The Morgan fingerprint density at radius 1 is 1.57 bits per heavy atom. The molecule has 3 N–H and O–H groups in total. The number of nitrogens with one attached hydrogen (secondary N) is 1. The molecule has 4 heteroatoms. The number of hydrogen-bond acceptors (Lipinski definition) is 3. The lowest BCUT2D eigenvalue weighted by atomic mass is 10.3. The zero-order valence-electron chi connectivity index (χ0n) is 9.12. The zero-order chi connectivity index (χ0) is 10.6. The Bertz CT molecular complexity index is 190. The van der Waals surface area contributed by atoms with Gasteiger partial charge in [0, 0.05) is 25.2 Å². The third kappa shape index (κ3) is 4.07. The third-order valence-electron chi connectivity index (χ3n) is 2.44. The van der Waals surface area contributed by atoms with Crippen molar-refractivity contribution in [1.29, 1.82) is 0 Å². The van der Waals surface area contributed by atoms with Crippen LogP contribution in [0.3, 0.4) is 0 Å². The van der Waals surface area contributed by atoms with E-state index in [-0.39, 0.29) is 5.91 Å². The summed E-state index contributed by atoms with van der Waals surface area (Å²) in [6, 6.07) is 0.831. The topological polar surface area (TPSA) is 58.4 Å². The molecule has 1 amide bonds. The highest BCUT2D eigenvalue weighted by molar-refractivity contribution is 5.78. The maximum absolute atomic E-state index is 11.5. The van der Waals surface area contributed by atoms with Crippen LogP contribution in [0.4, 0.5) is 0 Å². The average molecular weight is 199 g/mol. The fourth-order valence-corrected chi connectivity index (χ4v) is 1.37.